The molecule has 1 saturated heterocycles. The minimum Gasteiger partial charge on any atom is -0.493 e. The van der Waals surface area contributed by atoms with Crippen molar-refractivity contribution >= 4 is 23.3 Å². The van der Waals surface area contributed by atoms with E-state index in [-0.39, 0.29) is 58.8 Å². The SMILES string of the molecule is COc1cc(C(=O)OCCCN2CCCN(CCCOC(=O)c3cc(OC)c(OC)c(OC)c3[N+](=O)[O-])CC2)c([N+](=O)[O-])c(OC)c1OC. The molecule has 0 bridgehead atoms. The summed E-state index contributed by atoms with van der Waals surface area (Å²) in [7, 11) is 7.74. The molecule has 3 rings (SSSR count). The number of hydrogen-bond donors (Lipinski definition) is 0. The molecule has 0 spiro atoms. The van der Waals surface area contributed by atoms with Crippen LogP contribution in [0.2, 0.25) is 0 Å². The van der Waals surface area contributed by atoms with Gasteiger partial charge >= 0.3 is 23.3 Å². The Morgan fingerprint density at radius 3 is 1.29 bits per heavy atom. The molecule has 0 atom stereocenters. The lowest BCUT2D eigenvalue weighted by atomic mass is 10.1. The van der Waals surface area contributed by atoms with Gasteiger partial charge in [0.25, 0.3) is 0 Å². The number of carbonyl (C=O) groups excluding carboxylic acids is 2. The zero-order valence-electron chi connectivity index (χ0n) is 28.4. The van der Waals surface area contributed by atoms with Gasteiger partial charge in [-0.1, -0.05) is 0 Å². The first kappa shape index (κ1) is 38.3. The highest BCUT2D eigenvalue weighted by Gasteiger charge is 2.34. The molecular weight excluding hydrogens is 652 g/mol. The lowest BCUT2D eigenvalue weighted by Crippen LogP contribution is -2.32. The van der Waals surface area contributed by atoms with Crippen molar-refractivity contribution in [3.8, 4) is 34.5 Å². The van der Waals surface area contributed by atoms with Gasteiger partial charge in [0.05, 0.1) is 65.7 Å². The monoisotopic (exact) mass is 694 g/mol. The Morgan fingerprint density at radius 2 is 0.980 bits per heavy atom. The van der Waals surface area contributed by atoms with E-state index in [1.54, 1.807) is 0 Å². The molecular formula is C31H42N4O14. The standard InChI is InChI=1S/C31H42N4O14/c1-42-22-18-20(24(34(38)39)28(46-5)26(22)44-3)30(36)48-16-8-12-32-10-7-11-33(15-14-32)13-9-17-49-31(37)21-19-23(43-2)27(45-4)29(47-6)25(21)35(40)41/h18-19H,7-17H2,1-6H3. The highest BCUT2D eigenvalue weighted by molar-refractivity contribution is 5.97. The highest BCUT2D eigenvalue weighted by Crippen LogP contribution is 2.47. The largest absolute Gasteiger partial charge is 0.493 e. The molecule has 0 unspecified atom stereocenters. The van der Waals surface area contributed by atoms with E-state index in [0.29, 0.717) is 25.9 Å². The minimum absolute atomic E-state index is 0.00796. The number of carbonyl (C=O) groups is 2. The zero-order chi connectivity index (χ0) is 36.1. The molecule has 1 aliphatic rings. The number of nitrogens with zero attached hydrogens (tertiary/aromatic N) is 4. The third kappa shape index (κ3) is 9.29. The number of benzene rings is 2. The fourth-order valence-corrected chi connectivity index (χ4v) is 5.49. The van der Waals surface area contributed by atoms with Gasteiger partial charge in [0.2, 0.25) is 23.0 Å². The van der Waals surface area contributed by atoms with Crippen molar-refractivity contribution in [2.24, 2.45) is 0 Å². The molecule has 1 aliphatic heterocycles. The summed E-state index contributed by atoms with van der Waals surface area (Å²) in [6, 6.07) is 2.40. The second-order valence-corrected chi connectivity index (χ2v) is 10.6. The first-order valence-corrected chi connectivity index (χ1v) is 15.3. The van der Waals surface area contributed by atoms with Crippen molar-refractivity contribution in [3.63, 3.8) is 0 Å². The number of methoxy groups -OCH3 is 6. The van der Waals surface area contributed by atoms with Crippen LogP contribution in [0.3, 0.4) is 0 Å². The lowest BCUT2D eigenvalue weighted by Gasteiger charge is -2.21. The summed E-state index contributed by atoms with van der Waals surface area (Å²) >= 11 is 0. The number of nitro benzene ring substituents is 2. The van der Waals surface area contributed by atoms with E-state index in [2.05, 4.69) is 9.80 Å². The van der Waals surface area contributed by atoms with E-state index in [1.165, 1.54) is 54.8 Å². The average Bonchev–Trinajstić information content (AvgIpc) is 3.34. The van der Waals surface area contributed by atoms with E-state index in [1.807, 2.05) is 0 Å². The number of nitro groups is 2. The molecule has 2 aromatic carbocycles. The van der Waals surface area contributed by atoms with E-state index in [4.69, 9.17) is 37.9 Å². The second-order valence-electron chi connectivity index (χ2n) is 10.6. The molecule has 1 heterocycles. The Balaban J connectivity index is 1.48. The summed E-state index contributed by atoms with van der Waals surface area (Å²) in [6.45, 7) is 4.52. The van der Waals surface area contributed by atoms with Gasteiger partial charge in [-0.25, -0.2) is 9.59 Å². The molecule has 0 N–H and O–H groups in total. The maximum Gasteiger partial charge on any atom is 0.345 e. The molecule has 18 nitrogen and oxygen atoms in total. The van der Waals surface area contributed by atoms with Crippen LogP contribution < -0.4 is 28.4 Å². The van der Waals surface area contributed by atoms with Gasteiger partial charge in [-0.2, -0.15) is 0 Å². The molecule has 18 heteroatoms. The Morgan fingerprint density at radius 1 is 0.612 bits per heavy atom. The zero-order valence-corrected chi connectivity index (χ0v) is 28.4. The molecule has 0 aromatic heterocycles. The lowest BCUT2D eigenvalue weighted by molar-refractivity contribution is -0.386. The first-order chi connectivity index (χ1) is 23.6. The van der Waals surface area contributed by atoms with Crippen LogP contribution in [0.25, 0.3) is 0 Å². The van der Waals surface area contributed by atoms with Gasteiger partial charge in [-0.3, -0.25) is 20.2 Å². The van der Waals surface area contributed by atoms with Gasteiger partial charge in [-0.15, -0.1) is 0 Å². The smallest absolute Gasteiger partial charge is 0.345 e. The van der Waals surface area contributed by atoms with Crippen LogP contribution in [0, 0.1) is 20.2 Å². The van der Waals surface area contributed by atoms with E-state index in [9.17, 15) is 29.8 Å². The van der Waals surface area contributed by atoms with Crippen LogP contribution in [-0.4, -0.2) is 127 Å². The molecule has 0 amide bonds. The van der Waals surface area contributed by atoms with Crippen LogP contribution in [0.5, 0.6) is 34.5 Å². The highest BCUT2D eigenvalue weighted by atomic mass is 16.6. The van der Waals surface area contributed by atoms with Crippen LogP contribution in [0.15, 0.2) is 12.1 Å². The van der Waals surface area contributed by atoms with Gasteiger partial charge in [0.1, 0.15) is 11.1 Å². The van der Waals surface area contributed by atoms with Crippen LogP contribution in [0.1, 0.15) is 40.0 Å². The van der Waals surface area contributed by atoms with Gasteiger partial charge in [0.15, 0.2) is 11.5 Å². The Kier molecular flexibility index (Phi) is 14.4. The first-order valence-electron chi connectivity index (χ1n) is 15.3. The summed E-state index contributed by atoms with van der Waals surface area (Å²) in [5, 5.41) is 23.6. The molecule has 49 heavy (non-hydrogen) atoms. The summed E-state index contributed by atoms with van der Waals surface area (Å²) in [5.74, 6) is -2.08. The number of ether oxygens (including phenoxy) is 8. The molecule has 0 radical (unpaired) electrons. The molecule has 0 aliphatic carbocycles. The fraction of sp³-hybridized carbons (Fsp3) is 0.548. The summed E-state index contributed by atoms with van der Waals surface area (Å²) in [5.41, 5.74) is -1.76. The van der Waals surface area contributed by atoms with E-state index >= 15 is 0 Å². The maximum absolute atomic E-state index is 12.9. The second kappa shape index (κ2) is 18.4. The predicted molar refractivity (Wildman–Crippen MR) is 173 cm³/mol. The van der Waals surface area contributed by atoms with Crippen molar-refractivity contribution in [2.45, 2.75) is 19.3 Å². The number of hydrogen-bond acceptors (Lipinski definition) is 16. The van der Waals surface area contributed by atoms with Gasteiger partial charge < -0.3 is 47.7 Å². The van der Waals surface area contributed by atoms with Crippen LogP contribution in [-0.2, 0) is 9.47 Å². The quantitative estimate of drug-likeness (QED) is 0.0951. The normalized spacial score (nSPS) is 13.5. The third-order valence-corrected chi connectivity index (χ3v) is 7.80. The van der Waals surface area contributed by atoms with E-state index < -0.39 is 33.2 Å². The Bertz CT molecular complexity index is 1390. The average molecular weight is 695 g/mol. The van der Waals surface area contributed by atoms with Crippen LogP contribution in [0.4, 0.5) is 11.4 Å². The predicted octanol–water partition coefficient (Wildman–Crippen LogP) is 3.36. The number of esters is 2. The summed E-state index contributed by atoms with van der Waals surface area (Å²) < 4.78 is 41.9. The van der Waals surface area contributed by atoms with Crippen molar-refractivity contribution in [1.29, 1.82) is 0 Å². The van der Waals surface area contributed by atoms with Gasteiger partial charge in [0, 0.05) is 38.3 Å². The van der Waals surface area contributed by atoms with Gasteiger partial charge in [-0.05, 0) is 32.4 Å². The molecule has 2 aromatic rings. The molecule has 0 saturated carbocycles. The number of rotatable bonds is 18. The Hall–Kier alpha value is -5.10. The van der Waals surface area contributed by atoms with Crippen LogP contribution >= 0.6 is 0 Å². The van der Waals surface area contributed by atoms with Crippen molar-refractivity contribution < 1.29 is 57.3 Å². The van der Waals surface area contributed by atoms with Crippen molar-refractivity contribution in [3.05, 3.63) is 43.5 Å². The molecule has 270 valence electrons. The summed E-state index contributed by atoms with van der Waals surface area (Å²) in [6.07, 6.45) is 1.90. The molecule has 1 fully saturated rings. The fourth-order valence-electron chi connectivity index (χ4n) is 5.49. The maximum atomic E-state index is 12.9. The van der Waals surface area contributed by atoms with Crippen molar-refractivity contribution in [2.75, 3.05) is 95.1 Å². The topological polar surface area (TPSA) is 201 Å². The third-order valence-electron chi connectivity index (χ3n) is 7.80. The Labute approximate surface area is 282 Å². The van der Waals surface area contributed by atoms with E-state index in [0.717, 1.165) is 32.6 Å². The van der Waals surface area contributed by atoms with Crippen molar-refractivity contribution in [1.82, 2.24) is 9.80 Å². The minimum atomic E-state index is -0.881. The summed E-state index contributed by atoms with van der Waals surface area (Å²) in [4.78, 5) is 52.3.